The van der Waals surface area contributed by atoms with Gasteiger partial charge in [-0.15, -0.1) is 0 Å². The van der Waals surface area contributed by atoms with E-state index in [4.69, 9.17) is 24.2 Å². The maximum Gasteiger partial charge on any atom is 0.188 e. The van der Waals surface area contributed by atoms with E-state index in [1.807, 2.05) is 6.07 Å². The van der Waals surface area contributed by atoms with Crippen LogP contribution in [0, 0.1) is 11.3 Å². The summed E-state index contributed by atoms with van der Waals surface area (Å²) in [5, 5.41) is 77.8. The number of ether oxygens (including phenoxy) is 4. The van der Waals surface area contributed by atoms with Gasteiger partial charge in [-0.1, -0.05) is 0 Å². The molecule has 0 aromatic heterocycles. The molecule has 28 heavy (non-hydrogen) atoms. The van der Waals surface area contributed by atoms with Crippen LogP contribution in [0.1, 0.15) is 13.8 Å². The van der Waals surface area contributed by atoms with E-state index in [2.05, 4.69) is 0 Å². The van der Waals surface area contributed by atoms with Gasteiger partial charge in [0.05, 0.1) is 19.3 Å². The second-order valence-corrected chi connectivity index (χ2v) is 7.29. The monoisotopic (exact) mass is 409 g/mol. The molecule has 2 saturated heterocycles. The van der Waals surface area contributed by atoms with Crippen LogP contribution in [0.5, 0.6) is 0 Å². The van der Waals surface area contributed by atoms with Crippen molar-refractivity contribution in [2.45, 2.75) is 80.9 Å². The van der Waals surface area contributed by atoms with Crippen molar-refractivity contribution in [3.8, 4) is 6.07 Å². The van der Waals surface area contributed by atoms with Crippen LogP contribution in [0.4, 0.5) is 0 Å². The molecule has 2 rings (SSSR count). The van der Waals surface area contributed by atoms with Crippen molar-refractivity contribution < 1.29 is 54.7 Å². The average molecular weight is 409 g/mol. The Balaban J connectivity index is 2.02. The van der Waals surface area contributed by atoms with Gasteiger partial charge < -0.3 is 54.7 Å². The molecule has 7 N–H and O–H groups in total. The molecule has 0 aromatic rings. The number of aliphatic hydroxyl groups is 7. The third-order valence-electron chi connectivity index (χ3n) is 4.62. The van der Waals surface area contributed by atoms with E-state index < -0.39 is 80.2 Å². The molecule has 0 saturated carbocycles. The van der Waals surface area contributed by atoms with Gasteiger partial charge in [-0.25, -0.2) is 0 Å². The molecule has 0 unspecified atom stereocenters. The highest BCUT2D eigenvalue weighted by molar-refractivity contribution is 4.97. The van der Waals surface area contributed by atoms with Gasteiger partial charge in [-0.05, 0) is 13.8 Å². The van der Waals surface area contributed by atoms with E-state index >= 15 is 0 Å². The second kappa shape index (κ2) is 9.24. The van der Waals surface area contributed by atoms with Gasteiger partial charge in [0.25, 0.3) is 0 Å². The SMILES string of the molecule is CC(C)(C#N)O[C@@H]1O[C@H](CO[C@@H]2O[C@H](CO)[C@@H](O)[C@H](O)[C@H]2O)[C@@H](O)[C@H](O)[C@H]1O. The molecule has 12 heteroatoms. The van der Waals surface area contributed by atoms with Crippen molar-refractivity contribution in [2.24, 2.45) is 0 Å². The van der Waals surface area contributed by atoms with Gasteiger partial charge >= 0.3 is 0 Å². The molecule has 0 amide bonds. The first kappa shape index (κ1) is 23.3. The Morgan fingerprint density at radius 2 is 1.32 bits per heavy atom. The fourth-order valence-corrected chi connectivity index (χ4v) is 2.86. The van der Waals surface area contributed by atoms with Crippen LogP contribution in [0.2, 0.25) is 0 Å². The Labute approximate surface area is 161 Å². The Morgan fingerprint density at radius 3 is 1.86 bits per heavy atom. The van der Waals surface area contributed by atoms with Crippen LogP contribution >= 0.6 is 0 Å². The summed E-state index contributed by atoms with van der Waals surface area (Å²) in [4.78, 5) is 0. The molecule has 2 fully saturated rings. The molecule has 0 bridgehead atoms. The highest BCUT2D eigenvalue weighted by atomic mass is 16.7. The molecule has 0 aliphatic carbocycles. The normalized spacial score (nSPS) is 44.9. The summed E-state index contributed by atoms with van der Waals surface area (Å²) < 4.78 is 21.2. The van der Waals surface area contributed by atoms with Gasteiger partial charge in [0.1, 0.15) is 48.8 Å². The maximum atomic E-state index is 10.1. The summed E-state index contributed by atoms with van der Waals surface area (Å²) in [6.45, 7) is 1.72. The highest BCUT2D eigenvalue weighted by Crippen LogP contribution is 2.27. The second-order valence-electron chi connectivity index (χ2n) is 7.29. The lowest BCUT2D eigenvalue weighted by atomic mass is 9.98. The molecule has 10 atom stereocenters. The number of nitriles is 1. The third kappa shape index (κ3) is 4.96. The lowest BCUT2D eigenvalue weighted by Crippen LogP contribution is -2.62. The van der Waals surface area contributed by atoms with Crippen molar-refractivity contribution in [1.29, 1.82) is 5.26 Å². The van der Waals surface area contributed by atoms with E-state index in [0.29, 0.717) is 0 Å². The molecule has 2 aliphatic rings. The minimum atomic E-state index is -1.67. The van der Waals surface area contributed by atoms with Gasteiger partial charge in [0.2, 0.25) is 0 Å². The number of aliphatic hydroxyl groups excluding tert-OH is 7. The van der Waals surface area contributed by atoms with Gasteiger partial charge in [0.15, 0.2) is 18.2 Å². The molecule has 2 heterocycles. The number of hydrogen-bond acceptors (Lipinski definition) is 12. The summed E-state index contributed by atoms with van der Waals surface area (Å²) in [6, 6.07) is 1.84. The standard InChI is InChI=1S/C16H27NO11/c1-16(2,5-17)28-15-13(24)11(22)9(20)7(27-15)4-25-14-12(23)10(21)8(19)6(3-18)26-14/h6-15,18-24H,3-4H2,1-2H3/t6-,7-,8-,9-,10+,11+,12-,13-,14-,15+/m1/s1. The smallest absolute Gasteiger partial charge is 0.188 e. The van der Waals surface area contributed by atoms with Crippen LogP contribution in [-0.4, -0.2) is 116 Å². The number of rotatable bonds is 6. The Bertz CT molecular complexity index is 553. The van der Waals surface area contributed by atoms with Crippen molar-refractivity contribution in [3.63, 3.8) is 0 Å². The van der Waals surface area contributed by atoms with Crippen LogP contribution in [0.15, 0.2) is 0 Å². The molecule has 0 radical (unpaired) electrons. The largest absolute Gasteiger partial charge is 0.394 e. The lowest BCUT2D eigenvalue weighted by molar-refractivity contribution is -0.338. The summed E-state index contributed by atoms with van der Waals surface area (Å²) >= 11 is 0. The predicted octanol–water partition coefficient (Wildman–Crippen LogP) is -4.07. The van der Waals surface area contributed by atoms with Gasteiger partial charge in [-0.2, -0.15) is 5.26 Å². The summed E-state index contributed by atoms with van der Waals surface area (Å²) in [5.41, 5.74) is -1.35. The number of nitrogens with zero attached hydrogens (tertiary/aromatic N) is 1. The third-order valence-corrected chi connectivity index (χ3v) is 4.62. The fraction of sp³-hybridized carbons (Fsp3) is 0.938. The lowest BCUT2D eigenvalue weighted by Gasteiger charge is -2.43. The molecular weight excluding hydrogens is 382 g/mol. The Kier molecular flexibility index (Phi) is 7.70. The zero-order chi connectivity index (χ0) is 21.2. The first-order valence-corrected chi connectivity index (χ1v) is 8.73. The Morgan fingerprint density at radius 1 is 0.821 bits per heavy atom. The van der Waals surface area contributed by atoms with E-state index in [-0.39, 0.29) is 0 Å². The molecule has 12 nitrogen and oxygen atoms in total. The zero-order valence-corrected chi connectivity index (χ0v) is 15.4. The molecular formula is C16H27NO11. The average Bonchev–Trinajstić information content (AvgIpc) is 2.66. The van der Waals surface area contributed by atoms with Crippen LogP contribution in [-0.2, 0) is 18.9 Å². The highest BCUT2D eigenvalue weighted by Gasteiger charge is 2.48. The topological polar surface area (TPSA) is 202 Å². The first-order chi connectivity index (χ1) is 13.0. The summed E-state index contributed by atoms with van der Waals surface area (Å²) in [6.07, 6.45) is -15.1. The zero-order valence-electron chi connectivity index (χ0n) is 15.4. The quantitative estimate of drug-likeness (QED) is 0.224. The van der Waals surface area contributed by atoms with Crippen molar-refractivity contribution in [2.75, 3.05) is 13.2 Å². The molecule has 0 aromatic carbocycles. The maximum absolute atomic E-state index is 10.1. The van der Waals surface area contributed by atoms with Crippen LogP contribution in [0.3, 0.4) is 0 Å². The summed E-state index contributed by atoms with van der Waals surface area (Å²) in [5.74, 6) is 0. The van der Waals surface area contributed by atoms with E-state index in [0.717, 1.165) is 0 Å². The Hall–Kier alpha value is -0.950. The first-order valence-electron chi connectivity index (χ1n) is 8.73. The van der Waals surface area contributed by atoms with Crippen molar-refractivity contribution in [1.82, 2.24) is 0 Å². The van der Waals surface area contributed by atoms with E-state index in [1.165, 1.54) is 13.8 Å². The molecule has 2 aliphatic heterocycles. The van der Waals surface area contributed by atoms with Crippen molar-refractivity contribution >= 4 is 0 Å². The fourth-order valence-electron chi connectivity index (χ4n) is 2.86. The minimum Gasteiger partial charge on any atom is -0.394 e. The number of hydrogen-bond donors (Lipinski definition) is 7. The predicted molar refractivity (Wildman–Crippen MR) is 87.2 cm³/mol. The van der Waals surface area contributed by atoms with Crippen molar-refractivity contribution in [3.05, 3.63) is 0 Å². The summed E-state index contributed by atoms with van der Waals surface area (Å²) in [7, 11) is 0. The van der Waals surface area contributed by atoms with Gasteiger partial charge in [-0.3, -0.25) is 0 Å². The van der Waals surface area contributed by atoms with Crippen LogP contribution in [0.25, 0.3) is 0 Å². The van der Waals surface area contributed by atoms with Gasteiger partial charge in [0, 0.05) is 0 Å². The molecule has 0 spiro atoms. The van der Waals surface area contributed by atoms with E-state index in [1.54, 1.807) is 0 Å². The van der Waals surface area contributed by atoms with Crippen LogP contribution < -0.4 is 0 Å². The van der Waals surface area contributed by atoms with E-state index in [9.17, 15) is 35.7 Å². The minimum absolute atomic E-state index is 0.472. The molecule has 162 valence electrons.